The minimum absolute atomic E-state index is 0.157. The Labute approximate surface area is 273 Å². The Bertz CT molecular complexity index is 1860. The number of fused-ring (bicyclic) bond motifs is 3. The summed E-state index contributed by atoms with van der Waals surface area (Å²) in [7, 11) is -2.01. The van der Waals surface area contributed by atoms with Gasteiger partial charge in [0.2, 0.25) is 0 Å². The number of rotatable bonds is 5. The standard InChI is InChI=1S/C44H50Si/c1-27(2)37-26-38-34(30-21-23-32(24-22-30)44(5,6)7)18-14-20-36(38)43(37)45(8,9)42-28(3)25-39-40(42)29(4)33-17-13-19-35(33)41(39)31-15-11-10-12-16-31/h10-12,14-16,18,20-27,42-43H,13,17,19H2,1-9H3. The van der Waals surface area contributed by atoms with E-state index in [1.54, 1.807) is 39.0 Å². The van der Waals surface area contributed by atoms with E-state index in [1.807, 2.05) is 0 Å². The van der Waals surface area contributed by atoms with Gasteiger partial charge < -0.3 is 0 Å². The molecule has 1 heteroatoms. The molecule has 0 fully saturated rings. The zero-order valence-electron chi connectivity index (χ0n) is 28.9. The molecule has 0 heterocycles. The molecule has 230 valence electrons. The van der Waals surface area contributed by atoms with Crippen LogP contribution in [-0.4, -0.2) is 8.07 Å². The highest BCUT2D eigenvalue weighted by Crippen LogP contribution is 2.57. The van der Waals surface area contributed by atoms with E-state index in [0.717, 1.165) is 0 Å². The van der Waals surface area contributed by atoms with Crippen LogP contribution in [-0.2, 0) is 18.3 Å². The van der Waals surface area contributed by atoms with E-state index in [2.05, 4.69) is 147 Å². The van der Waals surface area contributed by atoms with Crippen LogP contribution in [0.15, 0.2) is 83.9 Å². The van der Waals surface area contributed by atoms with E-state index in [-0.39, 0.29) is 5.41 Å². The van der Waals surface area contributed by atoms with Crippen molar-refractivity contribution < 1.29 is 0 Å². The van der Waals surface area contributed by atoms with Crippen molar-refractivity contribution in [2.75, 3.05) is 0 Å². The molecule has 0 saturated carbocycles. The molecule has 2 unspecified atom stereocenters. The molecule has 0 spiro atoms. The monoisotopic (exact) mass is 606 g/mol. The first-order valence-electron chi connectivity index (χ1n) is 17.3. The van der Waals surface area contributed by atoms with Crippen molar-refractivity contribution in [2.45, 2.75) is 97.3 Å². The summed E-state index contributed by atoms with van der Waals surface area (Å²) >= 11 is 0. The van der Waals surface area contributed by atoms with Gasteiger partial charge in [-0.1, -0.05) is 144 Å². The summed E-state index contributed by atoms with van der Waals surface area (Å²) in [6, 6.07) is 27.8. The third-order valence-corrected chi connectivity index (χ3v) is 15.8. The second-order valence-electron chi connectivity index (χ2n) is 16.0. The third-order valence-electron chi connectivity index (χ3n) is 11.4. The summed E-state index contributed by atoms with van der Waals surface area (Å²) in [5, 5.41) is 0. The zero-order valence-corrected chi connectivity index (χ0v) is 29.9. The number of hydrogen-bond acceptors (Lipinski definition) is 0. The molecule has 0 bridgehead atoms. The van der Waals surface area contributed by atoms with Crippen molar-refractivity contribution >= 4 is 20.2 Å². The van der Waals surface area contributed by atoms with Crippen molar-refractivity contribution in [2.24, 2.45) is 5.92 Å². The highest BCUT2D eigenvalue weighted by atomic mass is 28.3. The van der Waals surface area contributed by atoms with Crippen LogP contribution in [0.2, 0.25) is 13.1 Å². The minimum atomic E-state index is -2.01. The average molecular weight is 607 g/mol. The first-order valence-corrected chi connectivity index (χ1v) is 20.4. The summed E-state index contributed by atoms with van der Waals surface area (Å²) in [6.45, 7) is 22.1. The Morgan fingerprint density at radius 2 is 1.40 bits per heavy atom. The summed E-state index contributed by atoms with van der Waals surface area (Å²) in [6.07, 6.45) is 8.92. The molecule has 0 aliphatic heterocycles. The van der Waals surface area contributed by atoms with Gasteiger partial charge in [0.25, 0.3) is 0 Å². The van der Waals surface area contributed by atoms with Crippen LogP contribution in [0.1, 0.15) is 104 Å². The van der Waals surface area contributed by atoms with Gasteiger partial charge in [-0.25, -0.2) is 0 Å². The van der Waals surface area contributed by atoms with Crippen LogP contribution in [0, 0.1) is 12.8 Å². The third kappa shape index (κ3) is 4.76. The molecule has 0 nitrogen and oxygen atoms in total. The van der Waals surface area contributed by atoms with Gasteiger partial charge >= 0.3 is 0 Å². The summed E-state index contributed by atoms with van der Waals surface area (Å²) in [4.78, 5) is 0. The van der Waals surface area contributed by atoms with Crippen molar-refractivity contribution in [1.82, 2.24) is 0 Å². The molecule has 3 aliphatic rings. The van der Waals surface area contributed by atoms with E-state index in [9.17, 15) is 0 Å². The molecule has 4 aromatic rings. The lowest BCUT2D eigenvalue weighted by molar-refractivity contribution is 0.590. The quantitative estimate of drug-likeness (QED) is 0.198. The summed E-state index contributed by atoms with van der Waals surface area (Å²) in [5.41, 5.74) is 22.5. The lowest BCUT2D eigenvalue weighted by Gasteiger charge is -2.41. The fourth-order valence-electron chi connectivity index (χ4n) is 9.37. The fraction of sp³-hybridized carbons (Fsp3) is 0.364. The molecule has 0 aromatic heterocycles. The van der Waals surface area contributed by atoms with Gasteiger partial charge in [-0.3, -0.25) is 0 Å². The maximum Gasteiger partial charge on any atom is 0.0722 e. The van der Waals surface area contributed by atoms with E-state index < -0.39 is 8.07 Å². The van der Waals surface area contributed by atoms with Crippen molar-refractivity contribution in [3.63, 3.8) is 0 Å². The Morgan fingerprint density at radius 1 is 0.711 bits per heavy atom. The number of allylic oxidation sites excluding steroid dienone is 2. The summed E-state index contributed by atoms with van der Waals surface area (Å²) in [5.74, 6) is 0.511. The largest absolute Gasteiger partial charge is 0.0722 e. The molecule has 4 aromatic carbocycles. The molecule has 0 saturated heterocycles. The SMILES string of the molecule is CC1=Cc2c(-c3ccccc3)c3c(c(C)c2C1[Si](C)(C)C1C(C(C)C)=Cc2c(-c4ccc(C(C)(C)C)cc4)cccc21)CCC3. The van der Waals surface area contributed by atoms with Crippen LogP contribution in [0.25, 0.3) is 34.4 Å². The maximum atomic E-state index is 2.71. The molecule has 3 aliphatic carbocycles. The Balaban J connectivity index is 1.38. The normalized spacial score (nSPS) is 19.0. The second-order valence-corrected chi connectivity index (χ2v) is 20.8. The van der Waals surface area contributed by atoms with Crippen molar-refractivity contribution in [3.05, 3.63) is 128 Å². The van der Waals surface area contributed by atoms with E-state index in [1.165, 1.54) is 58.2 Å². The van der Waals surface area contributed by atoms with Crippen LogP contribution in [0.5, 0.6) is 0 Å². The van der Waals surface area contributed by atoms with Gasteiger partial charge in [0.1, 0.15) is 0 Å². The van der Waals surface area contributed by atoms with Crippen LogP contribution >= 0.6 is 0 Å². The lowest BCUT2D eigenvalue weighted by Crippen LogP contribution is -2.43. The molecular weight excluding hydrogens is 557 g/mol. The predicted molar refractivity (Wildman–Crippen MR) is 199 cm³/mol. The first kappa shape index (κ1) is 30.2. The van der Waals surface area contributed by atoms with Gasteiger partial charge in [0.05, 0.1) is 8.07 Å². The predicted octanol–water partition coefficient (Wildman–Crippen LogP) is 12.2. The van der Waals surface area contributed by atoms with E-state index in [0.29, 0.717) is 17.0 Å². The molecule has 7 rings (SSSR count). The maximum absolute atomic E-state index is 2.71. The number of hydrogen-bond donors (Lipinski definition) is 0. The smallest absolute Gasteiger partial charge is 0.0679 e. The van der Waals surface area contributed by atoms with Crippen LogP contribution in [0.4, 0.5) is 0 Å². The Hall–Kier alpha value is -3.42. The van der Waals surface area contributed by atoms with Gasteiger partial charge in [0.15, 0.2) is 0 Å². The van der Waals surface area contributed by atoms with Crippen molar-refractivity contribution in [3.8, 4) is 22.3 Å². The van der Waals surface area contributed by atoms with Gasteiger partial charge in [-0.2, -0.15) is 0 Å². The van der Waals surface area contributed by atoms with E-state index >= 15 is 0 Å². The molecule has 45 heavy (non-hydrogen) atoms. The zero-order chi connectivity index (χ0) is 31.8. The highest BCUT2D eigenvalue weighted by molar-refractivity contribution is 6.81. The molecule has 0 amide bonds. The van der Waals surface area contributed by atoms with Crippen LogP contribution < -0.4 is 0 Å². The van der Waals surface area contributed by atoms with Gasteiger partial charge in [-0.15, -0.1) is 0 Å². The number of benzene rings is 4. The summed E-state index contributed by atoms with van der Waals surface area (Å²) < 4.78 is 0. The molecule has 0 radical (unpaired) electrons. The molecule has 2 atom stereocenters. The average Bonchev–Trinajstić information content (AvgIpc) is 3.73. The first-order chi connectivity index (χ1) is 21.4. The Kier molecular flexibility index (Phi) is 7.28. The lowest BCUT2D eigenvalue weighted by atomic mass is 9.86. The minimum Gasteiger partial charge on any atom is -0.0679 e. The molecule has 0 N–H and O–H groups in total. The van der Waals surface area contributed by atoms with Gasteiger partial charge in [0, 0.05) is 11.1 Å². The van der Waals surface area contributed by atoms with Crippen LogP contribution in [0.3, 0.4) is 0 Å². The molecular formula is C44H50Si. The van der Waals surface area contributed by atoms with Gasteiger partial charge in [-0.05, 0) is 111 Å². The Morgan fingerprint density at radius 3 is 2.07 bits per heavy atom. The second kappa shape index (κ2) is 10.8. The fourth-order valence-corrected chi connectivity index (χ4v) is 14.4. The topological polar surface area (TPSA) is 0 Å². The highest BCUT2D eigenvalue weighted by Gasteiger charge is 2.49. The van der Waals surface area contributed by atoms with Crippen molar-refractivity contribution in [1.29, 1.82) is 0 Å². The van der Waals surface area contributed by atoms with E-state index in [4.69, 9.17) is 0 Å².